The van der Waals surface area contributed by atoms with Crippen LogP contribution in [0.1, 0.15) is 38.5 Å². The average molecular weight is 326 g/mol. The molecule has 1 unspecified atom stereocenters. The highest BCUT2D eigenvalue weighted by Crippen LogP contribution is 2.27. The summed E-state index contributed by atoms with van der Waals surface area (Å²) in [4.78, 5) is 6.23. The van der Waals surface area contributed by atoms with Crippen LogP contribution in [0.25, 0.3) is 0 Å². The summed E-state index contributed by atoms with van der Waals surface area (Å²) in [6, 6.07) is 4.89. The predicted octanol–water partition coefficient (Wildman–Crippen LogP) is 3.48. The van der Waals surface area contributed by atoms with E-state index in [1.54, 1.807) is 0 Å². The van der Waals surface area contributed by atoms with Gasteiger partial charge in [0, 0.05) is 28.6 Å². The van der Waals surface area contributed by atoms with Crippen molar-refractivity contribution < 1.29 is 0 Å². The number of rotatable bonds is 5. The molecule has 1 aromatic heterocycles. The molecule has 0 aromatic carbocycles. The molecule has 0 radical (unpaired) electrons. The van der Waals surface area contributed by atoms with E-state index in [-0.39, 0.29) is 5.41 Å². The molecule has 2 N–H and O–H groups in total. The third-order valence-corrected chi connectivity index (χ3v) is 6.12. The van der Waals surface area contributed by atoms with Gasteiger partial charge in [0.2, 0.25) is 0 Å². The molecule has 118 valence electrons. The summed E-state index contributed by atoms with van der Waals surface area (Å²) in [5, 5.41) is 9.12. The van der Waals surface area contributed by atoms with Gasteiger partial charge in [0.25, 0.3) is 0 Å². The molecule has 3 nitrogen and oxygen atoms in total. The van der Waals surface area contributed by atoms with Crippen LogP contribution in [0.2, 0.25) is 0 Å². The highest BCUT2D eigenvalue weighted by atomic mass is 32.2. The lowest BCUT2D eigenvalue weighted by atomic mass is 9.92. The second-order valence-electron chi connectivity index (χ2n) is 6.11. The molecule has 5 heteroatoms. The second kappa shape index (κ2) is 8.08. The van der Waals surface area contributed by atoms with Crippen LogP contribution in [-0.4, -0.2) is 36.6 Å². The Bertz CT molecular complexity index is 434. The van der Waals surface area contributed by atoms with Gasteiger partial charge in [0.1, 0.15) is 0 Å². The Labute approximate surface area is 137 Å². The largest absolute Gasteiger partial charge is 0.357 e. The van der Waals surface area contributed by atoms with Crippen molar-refractivity contribution in [2.45, 2.75) is 45.1 Å². The molecule has 1 saturated heterocycles. The van der Waals surface area contributed by atoms with Gasteiger partial charge in [-0.05, 0) is 37.0 Å². The van der Waals surface area contributed by atoms with E-state index in [4.69, 9.17) is 4.99 Å². The fourth-order valence-corrected chi connectivity index (χ4v) is 4.30. The molecule has 0 bridgehead atoms. The van der Waals surface area contributed by atoms with Crippen molar-refractivity contribution >= 4 is 29.1 Å². The minimum absolute atomic E-state index is 0.0951. The van der Waals surface area contributed by atoms with E-state index in [9.17, 15) is 0 Å². The number of guanidine groups is 1. The van der Waals surface area contributed by atoms with Crippen LogP contribution in [0.3, 0.4) is 0 Å². The molecular formula is C16H27N3S2. The van der Waals surface area contributed by atoms with Crippen LogP contribution >= 0.6 is 23.1 Å². The number of nitrogens with one attached hydrogen (secondary N) is 2. The van der Waals surface area contributed by atoms with Gasteiger partial charge in [-0.25, -0.2) is 0 Å². The van der Waals surface area contributed by atoms with E-state index in [1.807, 2.05) is 23.1 Å². The highest BCUT2D eigenvalue weighted by molar-refractivity contribution is 7.99. The van der Waals surface area contributed by atoms with Crippen molar-refractivity contribution in [1.29, 1.82) is 0 Å². The van der Waals surface area contributed by atoms with Crippen molar-refractivity contribution in [3.63, 3.8) is 0 Å². The van der Waals surface area contributed by atoms with E-state index in [2.05, 4.69) is 48.9 Å². The zero-order valence-corrected chi connectivity index (χ0v) is 14.9. The van der Waals surface area contributed by atoms with Crippen LogP contribution in [0.15, 0.2) is 22.5 Å². The molecular weight excluding hydrogens is 298 g/mol. The lowest BCUT2D eigenvalue weighted by Crippen LogP contribution is -2.46. The fraction of sp³-hybridized carbons (Fsp3) is 0.688. The smallest absolute Gasteiger partial charge is 0.191 e. The maximum Gasteiger partial charge on any atom is 0.191 e. The number of aliphatic imine (C=N–C) groups is 1. The SMILES string of the molecule is CCNC(=NCC(C)(C)c1cccs1)NC1CCCSC1. The quantitative estimate of drug-likeness (QED) is 0.643. The summed E-state index contributed by atoms with van der Waals surface area (Å²) in [6.45, 7) is 8.37. The minimum atomic E-state index is 0.0951. The summed E-state index contributed by atoms with van der Waals surface area (Å²) >= 11 is 3.86. The van der Waals surface area contributed by atoms with E-state index in [1.165, 1.54) is 29.2 Å². The van der Waals surface area contributed by atoms with Gasteiger partial charge in [-0.2, -0.15) is 11.8 Å². The Morgan fingerprint density at radius 3 is 2.95 bits per heavy atom. The molecule has 0 aliphatic carbocycles. The fourth-order valence-electron chi connectivity index (χ4n) is 2.39. The van der Waals surface area contributed by atoms with Crippen molar-refractivity contribution in [2.75, 3.05) is 24.6 Å². The van der Waals surface area contributed by atoms with Gasteiger partial charge < -0.3 is 10.6 Å². The molecule has 2 rings (SSSR count). The molecule has 1 atom stereocenters. The monoisotopic (exact) mass is 325 g/mol. The number of hydrogen-bond acceptors (Lipinski definition) is 3. The van der Waals surface area contributed by atoms with Crippen LogP contribution < -0.4 is 10.6 Å². The summed E-state index contributed by atoms with van der Waals surface area (Å²) in [5.41, 5.74) is 0.0951. The Balaban J connectivity index is 1.96. The van der Waals surface area contributed by atoms with E-state index < -0.39 is 0 Å². The third-order valence-electron chi connectivity index (χ3n) is 3.67. The van der Waals surface area contributed by atoms with Crippen LogP contribution in [0.5, 0.6) is 0 Å². The molecule has 0 saturated carbocycles. The predicted molar refractivity (Wildman–Crippen MR) is 96.8 cm³/mol. The Hall–Kier alpha value is -0.680. The molecule has 2 heterocycles. The Morgan fingerprint density at radius 1 is 1.48 bits per heavy atom. The third kappa shape index (κ3) is 5.22. The van der Waals surface area contributed by atoms with E-state index in [0.29, 0.717) is 6.04 Å². The summed E-state index contributed by atoms with van der Waals surface area (Å²) in [5.74, 6) is 3.46. The normalized spacial score (nSPS) is 20.3. The first kappa shape index (κ1) is 16.7. The lowest BCUT2D eigenvalue weighted by molar-refractivity contribution is 0.540. The van der Waals surface area contributed by atoms with E-state index in [0.717, 1.165) is 19.0 Å². The molecule has 0 spiro atoms. The van der Waals surface area contributed by atoms with E-state index >= 15 is 0 Å². The maximum absolute atomic E-state index is 4.83. The summed E-state index contributed by atoms with van der Waals surface area (Å²) in [6.07, 6.45) is 2.56. The standard InChI is InChI=1S/C16H27N3S2/c1-4-17-15(19-13-7-5-9-20-11-13)18-12-16(2,3)14-8-6-10-21-14/h6,8,10,13H,4-5,7,9,11-12H2,1-3H3,(H2,17,18,19). The first-order chi connectivity index (χ1) is 10.1. The highest BCUT2D eigenvalue weighted by Gasteiger charge is 2.22. The number of thiophene rings is 1. The van der Waals surface area contributed by atoms with Crippen LogP contribution in [0.4, 0.5) is 0 Å². The number of hydrogen-bond donors (Lipinski definition) is 2. The lowest BCUT2D eigenvalue weighted by Gasteiger charge is -2.26. The van der Waals surface area contributed by atoms with Gasteiger partial charge in [0.05, 0.1) is 6.54 Å². The average Bonchev–Trinajstić information content (AvgIpc) is 3.01. The van der Waals surface area contributed by atoms with Crippen molar-refractivity contribution in [2.24, 2.45) is 4.99 Å². The molecule has 0 amide bonds. The van der Waals surface area contributed by atoms with Gasteiger partial charge in [0.15, 0.2) is 5.96 Å². The molecule has 21 heavy (non-hydrogen) atoms. The molecule has 1 aliphatic rings. The number of thioether (sulfide) groups is 1. The second-order valence-corrected chi connectivity index (χ2v) is 8.21. The molecule has 1 aromatic rings. The van der Waals surface area contributed by atoms with Crippen molar-refractivity contribution in [3.8, 4) is 0 Å². The van der Waals surface area contributed by atoms with Crippen LogP contribution in [0, 0.1) is 0 Å². The maximum atomic E-state index is 4.83. The minimum Gasteiger partial charge on any atom is -0.357 e. The van der Waals surface area contributed by atoms with Gasteiger partial charge in [-0.3, -0.25) is 4.99 Å². The molecule has 1 aliphatic heterocycles. The first-order valence-corrected chi connectivity index (χ1v) is 9.82. The van der Waals surface area contributed by atoms with Crippen molar-refractivity contribution in [1.82, 2.24) is 10.6 Å². The van der Waals surface area contributed by atoms with Crippen LogP contribution in [-0.2, 0) is 5.41 Å². The molecule has 1 fully saturated rings. The first-order valence-electron chi connectivity index (χ1n) is 7.78. The zero-order chi connectivity index (χ0) is 15.1. The summed E-state index contributed by atoms with van der Waals surface area (Å²) in [7, 11) is 0. The van der Waals surface area contributed by atoms with Gasteiger partial charge >= 0.3 is 0 Å². The summed E-state index contributed by atoms with van der Waals surface area (Å²) < 4.78 is 0. The Morgan fingerprint density at radius 2 is 2.33 bits per heavy atom. The van der Waals surface area contributed by atoms with Crippen molar-refractivity contribution in [3.05, 3.63) is 22.4 Å². The topological polar surface area (TPSA) is 36.4 Å². The Kier molecular flexibility index (Phi) is 6.42. The number of nitrogens with zero attached hydrogens (tertiary/aromatic N) is 1. The van der Waals surface area contributed by atoms with Gasteiger partial charge in [-0.1, -0.05) is 19.9 Å². The van der Waals surface area contributed by atoms with Gasteiger partial charge in [-0.15, -0.1) is 11.3 Å². The zero-order valence-electron chi connectivity index (χ0n) is 13.3.